The summed E-state index contributed by atoms with van der Waals surface area (Å²) in [6.07, 6.45) is -1.46. The Kier molecular flexibility index (Phi) is 8.87. The average molecular weight is 561 g/mol. The Balaban J connectivity index is 1.61. The van der Waals surface area contributed by atoms with Crippen molar-refractivity contribution in [3.63, 3.8) is 0 Å². The summed E-state index contributed by atoms with van der Waals surface area (Å²) in [5.74, 6) is -0.493. The van der Waals surface area contributed by atoms with Gasteiger partial charge < -0.3 is 9.84 Å². The molecule has 0 bridgehead atoms. The van der Waals surface area contributed by atoms with Crippen molar-refractivity contribution in [1.82, 2.24) is 15.3 Å². The number of aromatic nitrogens is 1. The summed E-state index contributed by atoms with van der Waals surface area (Å²) in [7, 11) is 3.15. The fourth-order valence-corrected chi connectivity index (χ4v) is 4.95. The molecule has 8 heteroatoms. The first-order valence-electron chi connectivity index (χ1n) is 13.6. The highest BCUT2D eigenvalue weighted by Crippen LogP contribution is 2.32. The van der Waals surface area contributed by atoms with Crippen LogP contribution in [0.4, 0.5) is 10.5 Å². The highest BCUT2D eigenvalue weighted by molar-refractivity contribution is 6.10. The molecule has 8 nitrogen and oxygen atoms in total. The number of rotatable bonds is 8. The molecule has 1 aromatic heterocycles. The molecule has 2 amide bonds. The zero-order valence-electron chi connectivity index (χ0n) is 23.5. The van der Waals surface area contributed by atoms with Gasteiger partial charge >= 0.3 is 6.09 Å². The molecule has 0 aliphatic carbocycles. The van der Waals surface area contributed by atoms with Crippen LogP contribution in [0.15, 0.2) is 115 Å². The van der Waals surface area contributed by atoms with E-state index in [1.54, 1.807) is 24.3 Å². The summed E-state index contributed by atoms with van der Waals surface area (Å²) in [5, 5.41) is 12.7. The van der Waals surface area contributed by atoms with Crippen LogP contribution >= 0.6 is 0 Å². The molecule has 1 unspecified atom stereocenters. The molecule has 0 saturated carbocycles. The number of likely N-dealkylation sites (N-methyl/N-ethyl adjacent to an activating group) is 1. The first kappa shape index (κ1) is 28.5. The van der Waals surface area contributed by atoms with E-state index < -0.39 is 18.1 Å². The van der Waals surface area contributed by atoms with E-state index in [-0.39, 0.29) is 0 Å². The lowest BCUT2D eigenvalue weighted by molar-refractivity contribution is 0.0939. The number of carbonyl (C=O) groups is 2. The van der Waals surface area contributed by atoms with E-state index >= 15 is 0 Å². The molecule has 5 aromatic rings. The second kappa shape index (κ2) is 13.1. The summed E-state index contributed by atoms with van der Waals surface area (Å²) in [5.41, 5.74) is 7.20. The molecule has 5 rings (SSSR count). The number of fused-ring (bicyclic) bond motifs is 1. The number of aliphatic hydroxyl groups excluding tert-OH is 1. The van der Waals surface area contributed by atoms with E-state index in [4.69, 9.17) is 9.72 Å². The van der Waals surface area contributed by atoms with Crippen molar-refractivity contribution in [3.05, 3.63) is 132 Å². The number of amides is 2. The predicted octanol–water partition coefficient (Wildman–Crippen LogP) is 5.99. The van der Waals surface area contributed by atoms with Gasteiger partial charge in [0.2, 0.25) is 0 Å². The molecule has 212 valence electrons. The molecule has 0 spiro atoms. The van der Waals surface area contributed by atoms with Crippen LogP contribution in [0.5, 0.6) is 0 Å². The number of aliphatic hydroxyl groups is 1. The Morgan fingerprint density at radius 2 is 1.45 bits per heavy atom. The first-order chi connectivity index (χ1) is 20.5. The van der Waals surface area contributed by atoms with Crippen molar-refractivity contribution in [2.45, 2.75) is 12.6 Å². The van der Waals surface area contributed by atoms with Crippen molar-refractivity contribution in [2.24, 2.45) is 0 Å². The molecule has 2 N–H and O–H groups in total. The van der Waals surface area contributed by atoms with Gasteiger partial charge in [-0.1, -0.05) is 97.1 Å². The van der Waals surface area contributed by atoms with Crippen LogP contribution in [0.1, 0.15) is 27.6 Å². The Hall–Kier alpha value is -5.05. The number of nitrogens with zero attached hydrogens (tertiary/aromatic N) is 3. The van der Waals surface area contributed by atoms with Gasteiger partial charge in [-0.05, 0) is 30.8 Å². The average Bonchev–Trinajstić information content (AvgIpc) is 3.04. The highest BCUT2D eigenvalue weighted by atomic mass is 16.5. The number of carbonyl (C=O) groups excluding carboxylic acids is 2. The maximum Gasteiger partial charge on any atom is 0.433 e. The number of methoxy groups -OCH3 is 1. The van der Waals surface area contributed by atoms with Gasteiger partial charge in [-0.25, -0.2) is 9.78 Å². The first-order valence-corrected chi connectivity index (χ1v) is 13.6. The fraction of sp³-hybridized carbons (Fsp3) is 0.147. The Bertz CT molecular complexity index is 1660. The number of hydrazine groups is 1. The molecule has 1 heterocycles. The Morgan fingerprint density at radius 1 is 0.857 bits per heavy atom. The van der Waals surface area contributed by atoms with Crippen LogP contribution < -0.4 is 10.4 Å². The lowest BCUT2D eigenvalue weighted by Gasteiger charge is -2.26. The van der Waals surface area contributed by atoms with Crippen LogP contribution in [0.2, 0.25) is 0 Å². The number of ether oxygens (including phenoxy) is 1. The summed E-state index contributed by atoms with van der Waals surface area (Å²) >= 11 is 0. The monoisotopic (exact) mass is 560 g/mol. The van der Waals surface area contributed by atoms with Crippen LogP contribution in [-0.4, -0.2) is 47.7 Å². The largest absolute Gasteiger partial charge is 0.451 e. The molecule has 0 radical (unpaired) electrons. The standard InChI is InChI=1S/C34H32N4O4/c1-37(23-30(39)24-14-6-3-7-15-24)22-28-31(33(40)36-38(34(41)42-2)26-18-10-5-11-19-26)27-20-12-13-21-29(27)35-32(28)25-16-8-4-9-17-25/h3-21,30,39H,22-23H2,1-2H3,(H,36,40). The molecular formula is C34H32N4O4. The van der Waals surface area contributed by atoms with Crippen LogP contribution in [0, 0.1) is 0 Å². The molecule has 0 saturated heterocycles. The molecule has 1 atom stereocenters. The van der Waals surface area contributed by atoms with Gasteiger partial charge in [0, 0.05) is 29.6 Å². The van der Waals surface area contributed by atoms with Crippen molar-refractivity contribution in [3.8, 4) is 11.3 Å². The van der Waals surface area contributed by atoms with E-state index in [2.05, 4.69) is 5.43 Å². The third-order valence-electron chi connectivity index (χ3n) is 6.95. The molecule has 4 aromatic carbocycles. The minimum Gasteiger partial charge on any atom is -0.451 e. The number of nitrogens with one attached hydrogen (secondary N) is 1. The summed E-state index contributed by atoms with van der Waals surface area (Å²) in [4.78, 5) is 34.0. The molecule has 0 fully saturated rings. The van der Waals surface area contributed by atoms with Crippen molar-refractivity contribution < 1.29 is 19.4 Å². The van der Waals surface area contributed by atoms with Crippen LogP contribution in [-0.2, 0) is 11.3 Å². The van der Waals surface area contributed by atoms with E-state index in [1.807, 2.05) is 103 Å². The van der Waals surface area contributed by atoms with Crippen LogP contribution in [0.25, 0.3) is 22.2 Å². The minimum atomic E-state index is -0.735. The van der Waals surface area contributed by atoms with Gasteiger partial charge in [0.25, 0.3) is 5.91 Å². The topological polar surface area (TPSA) is 95.0 Å². The molecular weight excluding hydrogens is 528 g/mol. The summed E-state index contributed by atoms with van der Waals surface area (Å²) in [6, 6.07) is 35.3. The Morgan fingerprint density at radius 3 is 2.12 bits per heavy atom. The van der Waals surface area contributed by atoms with Gasteiger partial charge in [0.15, 0.2) is 0 Å². The lowest BCUT2D eigenvalue weighted by Crippen LogP contribution is -2.47. The van der Waals surface area contributed by atoms with E-state index in [1.165, 1.54) is 7.11 Å². The third-order valence-corrected chi connectivity index (χ3v) is 6.95. The SMILES string of the molecule is COC(=O)N(NC(=O)c1c(CN(C)CC(O)c2ccccc2)c(-c2ccccc2)nc2ccccc12)c1ccccc1. The van der Waals surface area contributed by atoms with Crippen molar-refractivity contribution >= 4 is 28.6 Å². The number of benzene rings is 4. The predicted molar refractivity (Wildman–Crippen MR) is 164 cm³/mol. The number of hydrogen-bond donors (Lipinski definition) is 2. The molecule has 0 aliphatic rings. The maximum absolute atomic E-state index is 14.2. The smallest absolute Gasteiger partial charge is 0.433 e. The quantitative estimate of drug-likeness (QED) is 0.227. The zero-order valence-corrected chi connectivity index (χ0v) is 23.5. The molecule has 42 heavy (non-hydrogen) atoms. The molecule has 0 aliphatic heterocycles. The normalized spacial score (nSPS) is 11.7. The van der Waals surface area contributed by atoms with E-state index in [0.717, 1.165) is 16.1 Å². The maximum atomic E-state index is 14.2. The van der Waals surface area contributed by atoms with Crippen molar-refractivity contribution in [1.29, 1.82) is 0 Å². The number of pyridine rings is 1. The van der Waals surface area contributed by atoms with E-state index in [9.17, 15) is 14.7 Å². The third kappa shape index (κ3) is 6.30. The lowest BCUT2D eigenvalue weighted by atomic mass is 9.95. The van der Waals surface area contributed by atoms with Gasteiger partial charge in [0.05, 0.1) is 35.7 Å². The van der Waals surface area contributed by atoms with E-state index in [0.29, 0.717) is 46.5 Å². The van der Waals surface area contributed by atoms with Crippen LogP contribution in [0.3, 0.4) is 0 Å². The fourth-order valence-electron chi connectivity index (χ4n) is 4.95. The van der Waals surface area contributed by atoms with Crippen molar-refractivity contribution in [2.75, 3.05) is 25.7 Å². The number of anilines is 1. The summed E-state index contributed by atoms with van der Waals surface area (Å²) < 4.78 is 4.99. The van der Waals surface area contributed by atoms with Gasteiger partial charge in [-0.15, -0.1) is 0 Å². The van der Waals surface area contributed by atoms with Gasteiger partial charge in [-0.3, -0.25) is 15.1 Å². The second-order valence-corrected chi connectivity index (χ2v) is 9.90. The zero-order chi connectivity index (χ0) is 29.5. The minimum absolute atomic E-state index is 0.304. The Labute approximate surface area is 244 Å². The van der Waals surface area contributed by atoms with Gasteiger partial charge in [0.1, 0.15) is 0 Å². The number of para-hydroxylation sites is 2. The number of hydrogen-bond acceptors (Lipinski definition) is 6. The summed E-state index contributed by atoms with van der Waals surface area (Å²) in [6.45, 7) is 0.628. The highest BCUT2D eigenvalue weighted by Gasteiger charge is 2.27. The van der Waals surface area contributed by atoms with Gasteiger partial charge in [-0.2, -0.15) is 5.01 Å². The second-order valence-electron chi connectivity index (χ2n) is 9.90.